The Kier molecular flexibility index (Phi) is 14.9. The Morgan fingerprint density at radius 1 is 0.596 bits per heavy atom. The zero-order valence-electron chi connectivity index (χ0n) is 26.9. The van der Waals surface area contributed by atoms with Gasteiger partial charge < -0.3 is 28.4 Å². The third-order valence-corrected chi connectivity index (χ3v) is 9.23. The van der Waals surface area contributed by atoms with Crippen LogP contribution in [0.15, 0.2) is 133 Å². The summed E-state index contributed by atoms with van der Waals surface area (Å²) < 4.78 is 40.0. The largest absolute Gasteiger partial charge is 0.374 e. The van der Waals surface area contributed by atoms with Crippen LogP contribution in [-0.4, -0.2) is 47.8 Å². The van der Waals surface area contributed by atoms with E-state index >= 15 is 0 Å². The second-order valence-corrected chi connectivity index (χ2v) is 13.1. The van der Waals surface area contributed by atoms with E-state index in [9.17, 15) is 0 Å². The van der Waals surface area contributed by atoms with Gasteiger partial charge in [0.1, 0.15) is 24.4 Å². The molecule has 4 aromatic carbocycles. The molecule has 1 fully saturated rings. The number of rotatable bonds is 18. The lowest BCUT2D eigenvalue weighted by atomic mass is 9.97. The van der Waals surface area contributed by atoms with E-state index in [1.54, 1.807) is 0 Å². The first-order valence-corrected chi connectivity index (χ1v) is 17.6. The molecule has 0 bridgehead atoms. The Labute approximate surface area is 293 Å². The van der Waals surface area contributed by atoms with Gasteiger partial charge in [0.2, 0.25) is 0 Å². The Morgan fingerprint density at radius 3 is 1.53 bits per heavy atom. The SMILES string of the molecule is CCC(I)/C=C/CO[C@@H]1O[C@H](COCc2ccccc2)[C@H](OCc2ccccc2)[C@H](OCc2ccccc2)[C@H]1OCc1ccccc1. The van der Waals surface area contributed by atoms with Gasteiger partial charge in [0.05, 0.1) is 39.6 Å². The monoisotopic (exact) mass is 748 g/mol. The Bertz CT molecular complexity index is 1420. The van der Waals surface area contributed by atoms with Gasteiger partial charge in [-0.25, -0.2) is 0 Å². The number of hydrogen-bond donors (Lipinski definition) is 0. The van der Waals surface area contributed by atoms with Gasteiger partial charge in [-0.3, -0.25) is 0 Å². The van der Waals surface area contributed by atoms with E-state index in [1.165, 1.54) is 0 Å². The summed E-state index contributed by atoms with van der Waals surface area (Å²) >= 11 is 2.43. The lowest BCUT2D eigenvalue weighted by molar-refractivity contribution is -0.326. The number of ether oxygens (including phenoxy) is 6. The van der Waals surface area contributed by atoms with Crippen LogP contribution in [0, 0.1) is 0 Å². The minimum absolute atomic E-state index is 0.298. The van der Waals surface area contributed by atoms with Crippen LogP contribution in [0.1, 0.15) is 35.6 Å². The molecule has 1 unspecified atom stereocenters. The van der Waals surface area contributed by atoms with Crippen LogP contribution in [-0.2, 0) is 54.8 Å². The van der Waals surface area contributed by atoms with E-state index in [2.05, 4.69) is 90.2 Å². The molecular formula is C40H45IO6. The molecule has 6 atom stereocenters. The average Bonchev–Trinajstić information content (AvgIpc) is 3.13. The standard InChI is InChI=1S/C40H45IO6/c1-2-35(41)24-15-25-43-40-39(46-29-34-22-13-6-14-23-34)38(45-28-33-20-11-5-12-21-33)37(44-27-32-18-9-4-10-19-32)36(47-40)30-42-26-31-16-7-3-8-17-31/h3-24,35-40H,2,25-30H2,1H3/b24-15+/t35?,36-,37+,38+,39-,40-/m1/s1. The van der Waals surface area contributed by atoms with E-state index < -0.39 is 30.7 Å². The second kappa shape index (κ2) is 19.8. The molecule has 1 saturated heterocycles. The molecular weight excluding hydrogens is 703 g/mol. The highest BCUT2D eigenvalue weighted by molar-refractivity contribution is 14.1. The van der Waals surface area contributed by atoms with Gasteiger partial charge >= 0.3 is 0 Å². The lowest BCUT2D eigenvalue weighted by Gasteiger charge is -2.45. The third kappa shape index (κ3) is 11.6. The molecule has 0 aliphatic carbocycles. The highest BCUT2D eigenvalue weighted by Crippen LogP contribution is 2.31. The molecule has 0 saturated carbocycles. The van der Waals surface area contributed by atoms with E-state index in [-0.39, 0.29) is 0 Å². The fraction of sp³-hybridized carbons (Fsp3) is 0.350. The molecule has 1 aliphatic rings. The summed E-state index contributed by atoms with van der Waals surface area (Å²) in [5, 5.41) is 0. The van der Waals surface area contributed by atoms with Crippen molar-refractivity contribution >= 4 is 22.6 Å². The van der Waals surface area contributed by atoms with E-state index in [0.29, 0.717) is 43.6 Å². The normalized spacial score (nSPS) is 22.0. The Morgan fingerprint density at radius 2 is 1.04 bits per heavy atom. The first-order valence-electron chi connectivity index (χ1n) is 16.4. The smallest absolute Gasteiger partial charge is 0.187 e. The van der Waals surface area contributed by atoms with Crippen molar-refractivity contribution in [3.63, 3.8) is 0 Å². The number of halogens is 1. The third-order valence-electron chi connectivity index (χ3n) is 7.93. The summed E-state index contributed by atoms with van der Waals surface area (Å²) in [5.41, 5.74) is 4.27. The van der Waals surface area contributed by atoms with Crippen molar-refractivity contribution in [2.75, 3.05) is 13.2 Å². The molecule has 47 heavy (non-hydrogen) atoms. The first-order chi connectivity index (χ1) is 23.2. The van der Waals surface area contributed by atoms with Crippen LogP contribution in [0.25, 0.3) is 0 Å². The maximum atomic E-state index is 6.77. The van der Waals surface area contributed by atoms with Crippen LogP contribution in [0.5, 0.6) is 0 Å². The molecule has 0 aromatic heterocycles. The van der Waals surface area contributed by atoms with Gasteiger partial charge in [0.15, 0.2) is 6.29 Å². The van der Waals surface area contributed by atoms with Crippen LogP contribution < -0.4 is 0 Å². The first kappa shape index (κ1) is 35.4. The Hall–Kier alpha value is -2.89. The average molecular weight is 749 g/mol. The summed E-state index contributed by atoms with van der Waals surface area (Å²) in [6.07, 6.45) is 2.52. The van der Waals surface area contributed by atoms with Gasteiger partial charge in [0.25, 0.3) is 0 Å². The number of benzene rings is 4. The fourth-order valence-corrected chi connectivity index (χ4v) is 5.66. The molecule has 1 heterocycles. The highest BCUT2D eigenvalue weighted by atomic mass is 127. The second-order valence-electron chi connectivity index (χ2n) is 11.5. The maximum Gasteiger partial charge on any atom is 0.187 e. The van der Waals surface area contributed by atoms with Crippen molar-refractivity contribution in [3.8, 4) is 0 Å². The minimum atomic E-state index is -0.708. The predicted octanol–water partition coefficient (Wildman–Crippen LogP) is 8.47. The van der Waals surface area contributed by atoms with Crippen molar-refractivity contribution in [2.24, 2.45) is 0 Å². The van der Waals surface area contributed by atoms with E-state index in [4.69, 9.17) is 28.4 Å². The van der Waals surface area contributed by atoms with Gasteiger partial charge in [-0.1, -0.05) is 163 Å². The van der Waals surface area contributed by atoms with Crippen molar-refractivity contribution in [2.45, 2.75) is 74.4 Å². The summed E-state index contributed by atoms with van der Waals surface area (Å²) in [6.45, 7) is 4.46. The van der Waals surface area contributed by atoms with Gasteiger partial charge in [-0.05, 0) is 28.7 Å². The van der Waals surface area contributed by atoms with Gasteiger partial charge in [-0.15, -0.1) is 0 Å². The van der Waals surface area contributed by atoms with Crippen molar-refractivity contribution in [1.82, 2.24) is 0 Å². The van der Waals surface area contributed by atoms with Gasteiger partial charge in [0, 0.05) is 3.92 Å². The number of alkyl halides is 1. The molecule has 1 aliphatic heterocycles. The molecule has 0 radical (unpaired) electrons. The zero-order chi connectivity index (χ0) is 32.5. The molecule has 0 spiro atoms. The summed E-state index contributed by atoms with van der Waals surface area (Å²) in [5.74, 6) is 0. The summed E-state index contributed by atoms with van der Waals surface area (Å²) in [6, 6.07) is 40.6. The predicted molar refractivity (Wildman–Crippen MR) is 193 cm³/mol. The molecule has 0 N–H and O–H groups in total. The maximum absolute atomic E-state index is 6.77. The summed E-state index contributed by atoms with van der Waals surface area (Å²) in [4.78, 5) is 0. The minimum Gasteiger partial charge on any atom is -0.374 e. The topological polar surface area (TPSA) is 55.4 Å². The van der Waals surface area contributed by atoms with Crippen molar-refractivity contribution in [3.05, 3.63) is 156 Å². The van der Waals surface area contributed by atoms with Crippen molar-refractivity contribution in [1.29, 1.82) is 0 Å². The molecule has 0 amide bonds. The summed E-state index contributed by atoms with van der Waals surface area (Å²) in [7, 11) is 0. The molecule has 4 aromatic rings. The number of allylic oxidation sites excluding steroid dienone is 1. The molecule has 5 rings (SSSR count). The van der Waals surface area contributed by atoms with Crippen LogP contribution >= 0.6 is 22.6 Å². The van der Waals surface area contributed by atoms with Crippen LogP contribution in [0.3, 0.4) is 0 Å². The quantitative estimate of drug-likeness (QED) is 0.0579. The van der Waals surface area contributed by atoms with Crippen LogP contribution in [0.4, 0.5) is 0 Å². The molecule has 248 valence electrons. The fourth-order valence-electron chi connectivity index (χ4n) is 5.37. The number of hydrogen-bond acceptors (Lipinski definition) is 6. The van der Waals surface area contributed by atoms with Gasteiger partial charge in [-0.2, -0.15) is 0 Å². The van der Waals surface area contributed by atoms with Crippen LogP contribution in [0.2, 0.25) is 0 Å². The molecule has 7 heteroatoms. The zero-order valence-corrected chi connectivity index (χ0v) is 29.1. The Balaban J connectivity index is 1.42. The van der Waals surface area contributed by atoms with E-state index in [0.717, 1.165) is 28.7 Å². The van der Waals surface area contributed by atoms with Crippen molar-refractivity contribution < 1.29 is 28.4 Å². The lowest BCUT2D eigenvalue weighted by Crippen LogP contribution is -2.61. The molecule has 6 nitrogen and oxygen atoms in total. The highest BCUT2D eigenvalue weighted by Gasteiger charge is 2.49. The van der Waals surface area contributed by atoms with E-state index in [1.807, 2.05) is 72.8 Å².